The summed E-state index contributed by atoms with van der Waals surface area (Å²) in [5, 5.41) is 4.60. The first-order valence-electron chi connectivity index (χ1n) is 6.20. The van der Waals surface area contributed by atoms with Gasteiger partial charge in [0.25, 0.3) is 0 Å². The lowest BCUT2D eigenvalue weighted by Crippen LogP contribution is -2.26. The lowest BCUT2D eigenvalue weighted by molar-refractivity contribution is 0.533. The molecule has 4 heterocycles. The van der Waals surface area contributed by atoms with Crippen molar-refractivity contribution in [2.75, 3.05) is 31.1 Å². The molecule has 2 aliphatic rings. The third-order valence-corrected chi connectivity index (χ3v) is 4.05. The lowest BCUT2D eigenvalue weighted by Gasteiger charge is -2.18. The minimum Gasteiger partial charge on any atom is -0.464 e. The van der Waals surface area contributed by atoms with Crippen molar-refractivity contribution in [2.45, 2.75) is 0 Å². The Morgan fingerprint density at radius 3 is 2.88 bits per heavy atom. The van der Waals surface area contributed by atoms with Gasteiger partial charge in [-0.3, -0.25) is 0 Å². The molecule has 2 aromatic rings. The first-order valence-corrected chi connectivity index (χ1v) is 6.20. The summed E-state index contributed by atoms with van der Waals surface area (Å²) in [6.07, 6.45) is 3.59. The molecule has 2 aromatic heterocycles. The van der Waals surface area contributed by atoms with Crippen LogP contribution in [-0.4, -0.2) is 31.2 Å². The van der Waals surface area contributed by atoms with E-state index in [4.69, 9.17) is 4.42 Å². The zero-order valence-corrected chi connectivity index (χ0v) is 9.60. The van der Waals surface area contributed by atoms with Crippen LogP contribution in [0.1, 0.15) is 0 Å². The number of hydrogen-bond donors (Lipinski definition) is 1. The summed E-state index contributed by atoms with van der Waals surface area (Å²) in [6, 6.07) is 3.95. The minimum atomic E-state index is 0.791. The number of furan rings is 1. The molecule has 0 bridgehead atoms. The van der Waals surface area contributed by atoms with Crippen molar-refractivity contribution in [3.05, 3.63) is 24.6 Å². The molecule has 88 valence electrons. The standard InChI is InChI=1S/C13H15N3O/c1-3-15-13(11-2-4-17-12(1)11)16-7-9-5-14-6-10(9)8-16/h1-4,9-10,14H,5-8H2. The van der Waals surface area contributed by atoms with Crippen LogP contribution in [0.2, 0.25) is 0 Å². The fraction of sp³-hybridized carbons (Fsp3) is 0.462. The van der Waals surface area contributed by atoms with E-state index in [1.54, 1.807) is 6.26 Å². The molecule has 2 unspecified atom stereocenters. The van der Waals surface area contributed by atoms with Crippen molar-refractivity contribution in [3.8, 4) is 0 Å². The normalized spacial score (nSPS) is 27.9. The van der Waals surface area contributed by atoms with Gasteiger partial charge >= 0.3 is 0 Å². The van der Waals surface area contributed by atoms with Gasteiger partial charge in [-0.05, 0) is 24.0 Å². The van der Waals surface area contributed by atoms with Crippen molar-refractivity contribution < 1.29 is 4.42 Å². The summed E-state index contributed by atoms with van der Waals surface area (Å²) in [5.41, 5.74) is 0.935. The van der Waals surface area contributed by atoms with Gasteiger partial charge in [0.15, 0.2) is 0 Å². The molecule has 0 aromatic carbocycles. The van der Waals surface area contributed by atoms with Crippen molar-refractivity contribution in [2.24, 2.45) is 11.8 Å². The number of fused-ring (bicyclic) bond motifs is 2. The highest BCUT2D eigenvalue weighted by atomic mass is 16.3. The molecular weight excluding hydrogens is 214 g/mol. The smallest absolute Gasteiger partial charge is 0.139 e. The Morgan fingerprint density at radius 1 is 1.24 bits per heavy atom. The minimum absolute atomic E-state index is 0.791. The number of nitrogens with zero attached hydrogens (tertiary/aromatic N) is 2. The molecule has 1 N–H and O–H groups in total. The van der Waals surface area contributed by atoms with Crippen molar-refractivity contribution in [1.82, 2.24) is 10.3 Å². The second-order valence-electron chi connectivity index (χ2n) is 5.05. The van der Waals surface area contributed by atoms with E-state index < -0.39 is 0 Å². The van der Waals surface area contributed by atoms with Crippen LogP contribution in [0, 0.1) is 11.8 Å². The summed E-state index contributed by atoms with van der Waals surface area (Å²) in [4.78, 5) is 6.94. The van der Waals surface area contributed by atoms with Crippen LogP contribution >= 0.6 is 0 Å². The second kappa shape index (κ2) is 3.47. The molecule has 4 rings (SSSR count). The van der Waals surface area contributed by atoms with Gasteiger partial charge in [0.05, 0.1) is 11.6 Å². The Hall–Kier alpha value is -1.55. The average Bonchev–Trinajstić information content (AvgIpc) is 3.02. The van der Waals surface area contributed by atoms with E-state index in [0.29, 0.717) is 0 Å². The van der Waals surface area contributed by atoms with Gasteiger partial charge in [0, 0.05) is 32.4 Å². The van der Waals surface area contributed by atoms with Crippen molar-refractivity contribution in [3.63, 3.8) is 0 Å². The molecule has 2 fully saturated rings. The molecule has 4 heteroatoms. The highest BCUT2D eigenvalue weighted by Gasteiger charge is 2.37. The number of nitrogens with one attached hydrogen (secondary N) is 1. The van der Waals surface area contributed by atoms with E-state index in [1.165, 1.54) is 0 Å². The number of pyridine rings is 1. The highest BCUT2D eigenvalue weighted by molar-refractivity contribution is 5.88. The van der Waals surface area contributed by atoms with Gasteiger partial charge in [0.1, 0.15) is 11.4 Å². The van der Waals surface area contributed by atoms with Gasteiger partial charge in [-0.15, -0.1) is 0 Å². The van der Waals surface area contributed by atoms with Crippen LogP contribution in [0.4, 0.5) is 5.82 Å². The maximum absolute atomic E-state index is 5.43. The average molecular weight is 229 g/mol. The van der Waals surface area contributed by atoms with Gasteiger partial charge in [-0.1, -0.05) is 0 Å². The van der Waals surface area contributed by atoms with Crippen LogP contribution in [0.5, 0.6) is 0 Å². The molecular formula is C13H15N3O. The molecule has 0 aliphatic carbocycles. The maximum Gasteiger partial charge on any atom is 0.139 e. The summed E-state index contributed by atoms with van der Waals surface area (Å²) >= 11 is 0. The van der Waals surface area contributed by atoms with Gasteiger partial charge in [0.2, 0.25) is 0 Å². The van der Waals surface area contributed by atoms with Crippen LogP contribution < -0.4 is 10.2 Å². The molecule has 0 spiro atoms. The molecule has 4 nitrogen and oxygen atoms in total. The van der Waals surface area contributed by atoms with E-state index in [1.807, 2.05) is 18.3 Å². The predicted molar refractivity (Wildman–Crippen MR) is 66.1 cm³/mol. The quantitative estimate of drug-likeness (QED) is 0.804. The summed E-state index contributed by atoms with van der Waals surface area (Å²) in [5.74, 6) is 2.67. The molecule has 0 radical (unpaired) electrons. The fourth-order valence-corrected chi connectivity index (χ4v) is 3.16. The van der Waals surface area contributed by atoms with Gasteiger partial charge in [-0.2, -0.15) is 0 Å². The SMILES string of the molecule is c1cc2occc2c(N2CC3CNCC3C2)n1. The first-order chi connectivity index (χ1) is 8.42. The monoisotopic (exact) mass is 229 g/mol. The Labute approximate surface area is 99.6 Å². The third kappa shape index (κ3) is 1.37. The molecule has 17 heavy (non-hydrogen) atoms. The first kappa shape index (κ1) is 9.48. The van der Waals surface area contributed by atoms with Crippen molar-refractivity contribution in [1.29, 1.82) is 0 Å². The summed E-state index contributed by atoms with van der Waals surface area (Å²) in [7, 11) is 0. The topological polar surface area (TPSA) is 41.3 Å². The lowest BCUT2D eigenvalue weighted by atomic mass is 10.0. The number of rotatable bonds is 1. The van der Waals surface area contributed by atoms with Crippen LogP contribution in [0.15, 0.2) is 29.0 Å². The van der Waals surface area contributed by atoms with E-state index >= 15 is 0 Å². The Bertz CT molecular complexity index is 538. The van der Waals surface area contributed by atoms with Crippen molar-refractivity contribution >= 4 is 16.8 Å². The summed E-state index contributed by atoms with van der Waals surface area (Å²) < 4.78 is 5.43. The van der Waals surface area contributed by atoms with Crippen LogP contribution in [0.3, 0.4) is 0 Å². The number of hydrogen-bond acceptors (Lipinski definition) is 4. The Morgan fingerprint density at radius 2 is 2.06 bits per heavy atom. The van der Waals surface area contributed by atoms with Gasteiger partial charge in [-0.25, -0.2) is 4.98 Å². The summed E-state index contributed by atoms with van der Waals surface area (Å²) in [6.45, 7) is 4.55. The highest BCUT2D eigenvalue weighted by Crippen LogP contribution is 2.33. The zero-order valence-electron chi connectivity index (χ0n) is 9.60. The van der Waals surface area contributed by atoms with Gasteiger partial charge < -0.3 is 14.6 Å². The van der Waals surface area contributed by atoms with E-state index in [9.17, 15) is 0 Å². The molecule has 2 saturated heterocycles. The predicted octanol–water partition coefficient (Wildman–Crippen LogP) is 1.48. The molecule has 0 amide bonds. The second-order valence-corrected chi connectivity index (χ2v) is 5.05. The maximum atomic E-state index is 5.43. The van der Waals surface area contributed by atoms with Crippen LogP contribution in [0.25, 0.3) is 11.0 Å². The zero-order chi connectivity index (χ0) is 11.2. The Kier molecular flexibility index (Phi) is 1.93. The number of anilines is 1. The molecule has 0 saturated carbocycles. The third-order valence-electron chi connectivity index (χ3n) is 4.05. The number of aromatic nitrogens is 1. The fourth-order valence-electron chi connectivity index (χ4n) is 3.16. The van der Waals surface area contributed by atoms with E-state index in [2.05, 4.69) is 15.2 Å². The Balaban J connectivity index is 1.73. The van der Waals surface area contributed by atoms with E-state index in [0.717, 1.165) is 54.8 Å². The van der Waals surface area contributed by atoms with Crippen LogP contribution in [-0.2, 0) is 0 Å². The molecule has 2 atom stereocenters. The molecule has 2 aliphatic heterocycles. The van der Waals surface area contributed by atoms with E-state index in [-0.39, 0.29) is 0 Å². The largest absolute Gasteiger partial charge is 0.464 e.